The highest BCUT2D eigenvalue weighted by Crippen LogP contribution is 2.30. The van der Waals surface area contributed by atoms with Gasteiger partial charge in [0, 0.05) is 0 Å². The number of fused-ring (bicyclic) bond motifs is 1. The van der Waals surface area contributed by atoms with Crippen LogP contribution in [0.5, 0.6) is 0 Å². The van der Waals surface area contributed by atoms with Gasteiger partial charge in [0.1, 0.15) is 5.82 Å². The van der Waals surface area contributed by atoms with Crippen LogP contribution < -0.4 is 0 Å². The van der Waals surface area contributed by atoms with Crippen molar-refractivity contribution in [3.8, 4) is 0 Å². The summed E-state index contributed by atoms with van der Waals surface area (Å²) < 4.78 is 18.4. The molecule has 0 heterocycles. The maximum absolute atomic E-state index is 13.6. The summed E-state index contributed by atoms with van der Waals surface area (Å²) in [4.78, 5) is 11.4. The van der Waals surface area contributed by atoms with Crippen LogP contribution in [0, 0.1) is 18.7 Å². The Labute approximate surface area is 94.4 Å². The first-order valence-corrected chi connectivity index (χ1v) is 5.48. The first-order chi connectivity index (χ1) is 7.63. The molecule has 0 N–H and O–H groups in total. The van der Waals surface area contributed by atoms with E-state index in [0.29, 0.717) is 12.0 Å². The van der Waals surface area contributed by atoms with Crippen molar-refractivity contribution < 1.29 is 13.9 Å². The summed E-state index contributed by atoms with van der Waals surface area (Å²) in [6.07, 6.45) is 1.98. The molecule has 16 heavy (non-hydrogen) atoms. The number of aryl methyl sites for hydroxylation is 1. The molecule has 3 heteroatoms. The van der Waals surface area contributed by atoms with Crippen LogP contribution in [0.2, 0.25) is 0 Å². The van der Waals surface area contributed by atoms with Gasteiger partial charge in [-0.3, -0.25) is 4.79 Å². The Hall–Kier alpha value is -1.38. The van der Waals surface area contributed by atoms with Crippen LogP contribution in [-0.2, 0) is 22.4 Å². The summed E-state index contributed by atoms with van der Waals surface area (Å²) in [6, 6.07) is 3.28. The van der Waals surface area contributed by atoms with E-state index >= 15 is 0 Å². The molecule has 1 unspecified atom stereocenters. The molecule has 2 rings (SSSR count). The largest absolute Gasteiger partial charge is 0.469 e. The van der Waals surface area contributed by atoms with E-state index in [-0.39, 0.29) is 17.7 Å². The Bertz CT molecular complexity index is 426. The van der Waals surface area contributed by atoms with Gasteiger partial charge < -0.3 is 4.74 Å². The standard InChI is InChI=1S/C13H15FO2/c1-8-3-6-12(14)11-7-9(13(15)16-2)4-5-10(8)11/h3,6,9H,4-5,7H2,1-2H3. The van der Waals surface area contributed by atoms with E-state index in [1.165, 1.54) is 13.2 Å². The molecule has 0 radical (unpaired) electrons. The predicted molar refractivity (Wildman–Crippen MR) is 58.7 cm³/mol. The second-order valence-corrected chi connectivity index (χ2v) is 4.28. The van der Waals surface area contributed by atoms with Crippen molar-refractivity contribution in [2.45, 2.75) is 26.2 Å². The highest BCUT2D eigenvalue weighted by molar-refractivity contribution is 5.73. The first kappa shape index (κ1) is 11.1. The van der Waals surface area contributed by atoms with E-state index in [1.54, 1.807) is 6.07 Å². The molecule has 1 aliphatic rings. The van der Waals surface area contributed by atoms with Gasteiger partial charge in [-0.15, -0.1) is 0 Å². The number of carbonyl (C=O) groups excluding carboxylic acids is 1. The Kier molecular flexibility index (Phi) is 2.95. The van der Waals surface area contributed by atoms with Gasteiger partial charge in [0.25, 0.3) is 0 Å². The molecule has 0 bridgehead atoms. The number of benzene rings is 1. The number of hydrogen-bond donors (Lipinski definition) is 0. The zero-order valence-corrected chi connectivity index (χ0v) is 9.55. The van der Waals surface area contributed by atoms with Crippen LogP contribution in [-0.4, -0.2) is 13.1 Å². The van der Waals surface area contributed by atoms with Crippen molar-refractivity contribution in [3.63, 3.8) is 0 Å². The zero-order valence-electron chi connectivity index (χ0n) is 9.55. The Balaban J connectivity index is 2.33. The van der Waals surface area contributed by atoms with Gasteiger partial charge in [0.2, 0.25) is 0 Å². The second-order valence-electron chi connectivity index (χ2n) is 4.28. The summed E-state index contributed by atoms with van der Waals surface area (Å²) in [7, 11) is 1.38. The molecule has 1 atom stereocenters. The fourth-order valence-electron chi connectivity index (χ4n) is 2.39. The number of esters is 1. The monoisotopic (exact) mass is 222 g/mol. The lowest BCUT2D eigenvalue weighted by Gasteiger charge is -2.24. The minimum Gasteiger partial charge on any atom is -0.469 e. The molecule has 0 amide bonds. The Morgan fingerprint density at radius 3 is 2.88 bits per heavy atom. The first-order valence-electron chi connectivity index (χ1n) is 5.48. The Morgan fingerprint density at radius 1 is 1.44 bits per heavy atom. The van der Waals surface area contributed by atoms with E-state index < -0.39 is 0 Å². The highest BCUT2D eigenvalue weighted by atomic mass is 19.1. The third-order valence-corrected chi connectivity index (χ3v) is 3.34. The van der Waals surface area contributed by atoms with Crippen molar-refractivity contribution >= 4 is 5.97 Å². The van der Waals surface area contributed by atoms with E-state index in [2.05, 4.69) is 0 Å². The van der Waals surface area contributed by atoms with Crippen LogP contribution >= 0.6 is 0 Å². The van der Waals surface area contributed by atoms with E-state index in [4.69, 9.17) is 4.74 Å². The third-order valence-electron chi connectivity index (χ3n) is 3.34. The van der Waals surface area contributed by atoms with Crippen LogP contribution in [0.15, 0.2) is 12.1 Å². The zero-order chi connectivity index (χ0) is 11.7. The molecule has 0 spiro atoms. The van der Waals surface area contributed by atoms with Crippen molar-refractivity contribution in [3.05, 3.63) is 34.6 Å². The topological polar surface area (TPSA) is 26.3 Å². The van der Waals surface area contributed by atoms with Crippen LogP contribution in [0.1, 0.15) is 23.1 Å². The highest BCUT2D eigenvalue weighted by Gasteiger charge is 2.27. The number of rotatable bonds is 1. The van der Waals surface area contributed by atoms with Gasteiger partial charge in [0.15, 0.2) is 0 Å². The van der Waals surface area contributed by atoms with E-state index in [0.717, 1.165) is 24.0 Å². The number of methoxy groups -OCH3 is 1. The van der Waals surface area contributed by atoms with Gasteiger partial charge in [0.05, 0.1) is 13.0 Å². The maximum atomic E-state index is 13.6. The quantitative estimate of drug-likeness (QED) is 0.682. The lowest BCUT2D eigenvalue weighted by Crippen LogP contribution is -2.25. The third kappa shape index (κ3) is 1.82. The molecule has 0 saturated heterocycles. The van der Waals surface area contributed by atoms with Crippen molar-refractivity contribution in [2.75, 3.05) is 7.11 Å². The van der Waals surface area contributed by atoms with Gasteiger partial charge in [-0.2, -0.15) is 0 Å². The van der Waals surface area contributed by atoms with Crippen LogP contribution in [0.3, 0.4) is 0 Å². The number of hydrogen-bond acceptors (Lipinski definition) is 2. The molecule has 0 aromatic heterocycles. The molecule has 1 aliphatic carbocycles. The fourth-order valence-corrected chi connectivity index (χ4v) is 2.39. The van der Waals surface area contributed by atoms with Gasteiger partial charge >= 0.3 is 5.97 Å². The number of carbonyl (C=O) groups is 1. The average molecular weight is 222 g/mol. The number of ether oxygens (including phenoxy) is 1. The molecule has 0 aliphatic heterocycles. The molecular formula is C13H15FO2. The van der Waals surface area contributed by atoms with E-state index in [9.17, 15) is 9.18 Å². The summed E-state index contributed by atoms with van der Waals surface area (Å²) in [5.74, 6) is -0.616. The second kappa shape index (κ2) is 4.24. The van der Waals surface area contributed by atoms with E-state index in [1.807, 2.05) is 6.92 Å². The van der Waals surface area contributed by atoms with Gasteiger partial charge in [-0.05, 0) is 48.9 Å². The molecular weight excluding hydrogens is 207 g/mol. The maximum Gasteiger partial charge on any atom is 0.309 e. The summed E-state index contributed by atoms with van der Waals surface area (Å²) in [5, 5.41) is 0. The van der Waals surface area contributed by atoms with Crippen molar-refractivity contribution in [1.82, 2.24) is 0 Å². The lowest BCUT2D eigenvalue weighted by molar-refractivity contribution is -0.145. The lowest BCUT2D eigenvalue weighted by atomic mass is 9.82. The molecule has 1 aromatic rings. The summed E-state index contributed by atoms with van der Waals surface area (Å²) in [5.41, 5.74) is 2.88. The molecule has 1 aromatic carbocycles. The van der Waals surface area contributed by atoms with Crippen LogP contribution in [0.4, 0.5) is 4.39 Å². The normalized spacial score (nSPS) is 19.1. The molecule has 0 saturated carbocycles. The van der Waals surface area contributed by atoms with Crippen molar-refractivity contribution in [2.24, 2.45) is 5.92 Å². The minimum atomic E-state index is -0.230. The molecule has 2 nitrogen and oxygen atoms in total. The molecule has 86 valence electrons. The molecule has 0 fully saturated rings. The number of halogens is 1. The van der Waals surface area contributed by atoms with Gasteiger partial charge in [-0.1, -0.05) is 6.07 Å². The Morgan fingerprint density at radius 2 is 2.19 bits per heavy atom. The minimum absolute atomic E-state index is 0.186. The fraction of sp³-hybridized carbons (Fsp3) is 0.462. The van der Waals surface area contributed by atoms with Crippen LogP contribution in [0.25, 0.3) is 0 Å². The average Bonchev–Trinajstić information content (AvgIpc) is 2.32. The van der Waals surface area contributed by atoms with Gasteiger partial charge in [-0.25, -0.2) is 4.39 Å². The summed E-state index contributed by atoms with van der Waals surface area (Å²) in [6.45, 7) is 1.98. The smallest absolute Gasteiger partial charge is 0.309 e. The summed E-state index contributed by atoms with van der Waals surface area (Å²) >= 11 is 0. The predicted octanol–water partition coefficient (Wildman–Crippen LogP) is 2.41. The van der Waals surface area contributed by atoms with Crippen molar-refractivity contribution in [1.29, 1.82) is 0 Å². The SMILES string of the molecule is COC(=O)C1CCc2c(C)ccc(F)c2C1.